The average molecular weight is 493 g/mol. The zero-order valence-corrected chi connectivity index (χ0v) is 20.9. The lowest BCUT2D eigenvalue weighted by molar-refractivity contribution is 0.0695. The van der Waals surface area contributed by atoms with Crippen LogP contribution in [-0.4, -0.2) is 49.0 Å². The second-order valence-electron chi connectivity index (χ2n) is 10.2. The number of benzene rings is 2. The molecule has 190 valence electrons. The number of fused-ring (bicyclic) bond motifs is 2. The van der Waals surface area contributed by atoms with Crippen molar-refractivity contribution in [2.24, 2.45) is 0 Å². The molecule has 1 aliphatic carbocycles. The summed E-state index contributed by atoms with van der Waals surface area (Å²) in [4.78, 5) is 26.3. The van der Waals surface area contributed by atoms with E-state index in [4.69, 9.17) is 4.74 Å². The van der Waals surface area contributed by atoms with Gasteiger partial charge in [0.15, 0.2) is 0 Å². The van der Waals surface area contributed by atoms with Gasteiger partial charge < -0.3 is 20.1 Å². The molecule has 0 aromatic heterocycles. The zero-order valence-electron chi connectivity index (χ0n) is 20.9. The van der Waals surface area contributed by atoms with Crippen LogP contribution in [-0.2, 0) is 14.9 Å². The SMILES string of the molecule is CCN(c1c(-c2ccc3c(c2)C2(CCC(F)CC2)C(=C=O)N3)ccc(C(=O)O)c1C)C1CCOCC1. The second-order valence-corrected chi connectivity index (χ2v) is 10.2. The molecule has 7 heteroatoms. The largest absolute Gasteiger partial charge is 0.478 e. The van der Waals surface area contributed by atoms with Crippen LogP contribution in [0.4, 0.5) is 15.8 Å². The maximum absolute atomic E-state index is 14.1. The summed E-state index contributed by atoms with van der Waals surface area (Å²) in [6.45, 7) is 6.11. The van der Waals surface area contributed by atoms with Crippen molar-refractivity contribution < 1.29 is 23.8 Å². The Bertz CT molecular complexity index is 1220. The molecule has 0 unspecified atom stereocenters. The van der Waals surface area contributed by atoms with E-state index in [1.807, 2.05) is 25.1 Å². The van der Waals surface area contributed by atoms with Crippen LogP contribution in [0, 0.1) is 6.92 Å². The molecule has 0 bridgehead atoms. The fourth-order valence-corrected chi connectivity index (χ4v) is 6.45. The summed E-state index contributed by atoms with van der Waals surface area (Å²) in [6, 6.07) is 9.96. The van der Waals surface area contributed by atoms with Gasteiger partial charge in [-0.15, -0.1) is 0 Å². The number of anilines is 2. The highest BCUT2D eigenvalue weighted by atomic mass is 19.1. The fraction of sp³-hybridized carbons (Fsp3) is 0.483. The minimum atomic E-state index is -0.941. The van der Waals surface area contributed by atoms with Gasteiger partial charge in [-0.2, -0.15) is 0 Å². The van der Waals surface area contributed by atoms with Gasteiger partial charge in [-0.1, -0.05) is 12.1 Å². The number of hydrogen-bond acceptors (Lipinski definition) is 5. The number of alkyl halides is 1. The molecule has 0 atom stereocenters. The molecule has 1 saturated carbocycles. The quantitative estimate of drug-likeness (QED) is 0.525. The van der Waals surface area contributed by atoms with Crippen LogP contribution in [0.15, 0.2) is 36.0 Å². The van der Waals surface area contributed by atoms with Crippen molar-refractivity contribution in [1.82, 2.24) is 0 Å². The number of carbonyl (C=O) groups excluding carboxylic acids is 1. The van der Waals surface area contributed by atoms with Gasteiger partial charge in [-0.3, -0.25) is 0 Å². The van der Waals surface area contributed by atoms with Crippen LogP contribution in [0.5, 0.6) is 0 Å². The molecule has 3 aliphatic rings. The molecule has 36 heavy (non-hydrogen) atoms. The molecule has 1 saturated heterocycles. The highest BCUT2D eigenvalue weighted by Gasteiger charge is 2.47. The number of aromatic carboxylic acids is 1. The van der Waals surface area contributed by atoms with E-state index in [1.54, 1.807) is 6.07 Å². The number of rotatable bonds is 5. The lowest BCUT2D eigenvalue weighted by atomic mass is 9.68. The van der Waals surface area contributed by atoms with Gasteiger partial charge in [0, 0.05) is 48.2 Å². The number of carboxylic acid groups (broad SMARTS) is 1. The molecule has 2 fully saturated rings. The molecule has 2 aromatic rings. The number of halogens is 1. The first kappa shape index (κ1) is 24.5. The van der Waals surface area contributed by atoms with Crippen LogP contribution in [0.1, 0.15) is 66.9 Å². The van der Waals surface area contributed by atoms with Crippen molar-refractivity contribution in [3.63, 3.8) is 0 Å². The topological polar surface area (TPSA) is 78.9 Å². The summed E-state index contributed by atoms with van der Waals surface area (Å²) in [5.74, 6) is 1.16. The van der Waals surface area contributed by atoms with Gasteiger partial charge in [-0.25, -0.2) is 14.0 Å². The van der Waals surface area contributed by atoms with E-state index in [1.165, 1.54) is 0 Å². The third kappa shape index (κ3) is 4.00. The Kier molecular flexibility index (Phi) is 6.62. The lowest BCUT2D eigenvalue weighted by Crippen LogP contribution is -2.40. The monoisotopic (exact) mass is 492 g/mol. The van der Waals surface area contributed by atoms with Crippen LogP contribution in [0.3, 0.4) is 0 Å². The third-order valence-corrected chi connectivity index (χ3v) is 8.38. The molecule has 2 aromatic carbocycles. The Labute approximate surface area is 211 Å². The van der Waals surface area contributed by atoms with Gasteiger partial charge in [0.1, 0.15) is 17.8 Å². The van der Waals surface area contributed by atoms with E-state index in [2.05, 4.69) is 29.1 Å². The number of hydrogen-bond donors (Lipinski definition) is 2. The molecule has 2 aliphatic heterocycles. The van der Waals surface area contributed by atoms with Crippen molar-refractivity contribution in [3.05, 3.63) is 52.7 Å². The molecule has 2 N–H and O–H groups in total. The van der Waals surface area contributed by atoms with Crippen molar-refractivity contribution >= 4 is 23.3 Å². The van der Waals surface area contributed by atoms with E-state index >= 15 is 0 Å². The Morgan fingerprint density at radius 1 is 1.19 bits per heavy atom. The van der Waals surface area contributed by atoms with Crippen LogP contribution in [0.2, 0.25) is 0 Å². The van der Waals surface area contributed by atoms with Crippen molar-refractivity contribution in [2.45, 2.75) is 70.0 Å². The summed E-state index contributed by atoms with van der Waals surface area (Å²) in [5.41, 5.74) is 5.73. The molecule has 5 rings (SSSR count). The third-order valence-electron chi connectivity index (χ3n) is 8.38. The Balaban J connectivity index is 1.66. The maximum atomic E-state index is 14.1. The Morgan fingerprint density at radius 3 is 2.56 bits per heavy atom. The number of nitrogens with one attached hydrogen (secondary N) is 1. The average Bonchev–Trinajstić information content (AvgIpc) is 3.19. The first-order valence-electron chi connectivity index (χ1n) is 12.9. The molecular formula is C29H33FN2O4. The van der Waals surface area contributed by atoms with E-state index in [0.717, 1.165) is 53.0 Å². The van der Waals surface area contributed by atoms with Gasteiger partial charge in [-0.05, 0) is 87.3 Å². The molecule has 0 radical (unpaired) electrons. The number of carbonyl (C=O) groups is 1. The molecular weight excluding hydrogens is 459 g/mol. The standard InChI is InChI=1S/C29H33FN2O4/c1-3-32(21-10-14-36-15-11-21)27-18(2)22(28(34)35)5-6-23(27)19-4-7-25-24(16-19)29(26(17-33)31-25)12-8-20(30)9-13-29/h4-7,16,20-21,31H,3,8-15H2,1-2H3,(H,34,35). The van der Waals surface area contributed by atoms with Crippen LogP contribution < -0.4 is 10.2 Å². The summed E-state index contributed by atoms with van der Waals surface area (Å²) in [6.07, 6.45) is 2.90. The normalized spacial score (nSPS) is 23.8. The summed E-state index contributed by atoms with van der Waals surface area (Å²) < 4.78 is 19.7. The van der Waals surface area contributed by atoms with Gasteiger partial charge >= 0.3 is 5.97 Å². The minimum absolute atomic E-state index is 0.261. The van der Waals surface area contributed by atoms with Crippen molar-refractivity contribution in [2.75, 3.05) is 30.0 Å². The van der Waals surface area contributed by atoms with Crippen LogP contribution in [0.25, 0.3) is 11.1 Å². The smallest absolute Gasteiger partial charge is 0.336 e. The summed E-state index contributed by atoms with van der Waals surface area (Å²) in [7, 11) is 0. The van der Waals surface area contributed by atoms with E-state index in [9.17, 15) is 19.1 Å². The van der Waals surface area contributed by atoms with Crippen molar-refractivity contribution in [3.8, 4) is 11.1 Å². The Morgan fingerprint density at radius 2 is 1.92 bits per heavy atom. The maximum Gasteiger partial charge on any atom is 0.336 e. The van der Waals surface area contributed by atoms with E-state index in [-0.39, 0.29) is 6.04 Å². The van der Waals surface area contributed by atoms with Crippen LogP contribution >= 0.6 is 0 Å². The van der Waals surface area contributed by atoms with E-state index in [0.29, 0.717) is 50.2 Å². The molecule has 0 amide bonds. The van der Waals surface area contributed by atoms with E-state index < -0.39 is 17.6 Å². The first-order chi connectivity index (χ1) is 17.4. The first-order valence-corrected chi connectivity index (χ1v) is 12.9. The molecule has 1 spiro atoms. The lowest BCUT2D eigenvalue weighted by Gasteiger charge is -2.38. The highest BCUT2D eigenvalue weighted by molar-refractivity contribution is 5.95. The predicted octanol–water partition coefficient (Wildman–Crippen LogP) is 5.66. The molecule has 6 nitrogen and oxygen atoms in total. The Hall–Kier alpha value is -3.15. The number of nitrogens with zero attached hydrogens (tertiary/aromatic N) is 1. The minimum Gasteiger partial charge on any atom is -0.478 e. The number of carboxylic acids is 1. The predicted molar refractivity (Wildman–Crippen MR) is 138 cm³/mol. The van der Waals surface area contributed by atoms with Gasteiger partial charge in [0.25, 0.3) is 0 Å². The van der Waals surface area contributed by atoms with Crippen molar-refractivity contribution in [1.29, 1.82) is 0 Å². The zero-order chi connectivity index (χ0) is 25.4. The summed E-state index contributed by atoms with van der Waals surface area (Å²) in [5, 5.41) is 13.1. The molecule has 2 heterocycles. The van der Waals surface area contributed by atoms with Gasteiger partial charge in [0.05, 0.1) is 5.56 Å². The fourth-order valence-electron chi connectivity index (χ4n) is 6.45. The second kappa shape index (κ2) is 9.72. The number of allylic oxidation sites excluding steroid dienone is 1. The highest BCUT2D eigenvalue weighted by Crippen LogP contribution is 2.53. The number of ether oxygens (including phenoxy) is 1. The van der Waals surface area contributed by atoms with Gasteiger partial charge in [0.2, 0.25) is 0 Å². The summed E-state index contributed by atoms with van der Waals surface area (Å²) >= 11 is 0.